The summed E-state index contributed by atoms with van der Waals surface area (Å²) in [6.45, 7) is 9.76. The number of hydroxylamine groups is 2. The first-order chi connectivity index (χ1) is 31.2. The van der Waals surface area contributed by atoms with Gasteiger partial charge in [-0.1, -0.05) is 154 Å². The van der Waals surface area contributed by atoms with Gasteiger partial charge in [0.15, 0.2) is 0 Å². The first-order valence-electron chi connectivity index (χ1n) is 24.7. The third-order valence-corrected chi connectivity index (χ3v) is 13.1. The zero-order valence-electron chi connectivity index (χ0n) is 39.5. The molecule has 0 bridgehead atoms. The predicted octanol–water partition coefficient (Wildman–Crippen LogP) is 15.3. The lowest BCUT2D eigenvalue weighted by Gasteiger charge is -2.37. The molecule has 2 atom stereocenters. The van der Waals surface area contributed by atoms with Crippen molar-refractivity contribution in [2.75, 3.05) is 13.2 Å². The van der Waals surface area contributed by atoms with Crippen LogP contribution in [-0.2, 0) is 16.3 Å². The van der Waals surface area contributed by atoms with Crippen molar-refractivity contribution in [2.45, 2.75) is 180 Å². The minimum absolute atomic E-state index is 0.408. The van der Waals surface area contributed by atoms with Gasteiger partial charge in [0.05, 0.1) is 35.4 Å². The molecule has 4 aromatic rings. The van der Waals surface area contributed by atoms with E-state index in [1.165, 1.54) is 121 Å². The van der Waals surface area contributed by atoms with Gasteiger partial charge in [-0.3, -0.25) is 0 Å². The summed E-state index contributed by atoms with van der Waals surface area (Å²) in [4.78, 5) is 26.0. The summed E-state index contributed by atoms with van der Waals surface area (Å²) in [7, 11) is 0. The van der Waals surface area contributed by atoms with Crippen LogP contribution in [0.4, 0.5) is 0 Å². The van der Waals surface area contributed by atoms with E-state index < -0.39 is 23.0 Å². The van der Waals surface area contributed by atoms with Crippen molar-refractivity contribution in [3.63, 3.8) is 0 Å². The Morgan fingerprint density at radius 1 is 0.422 bits per heavy atom. The maximum Gasteiger partial charge on any atom is 0.343 e. The van der Waals surface area contributed by atoms with Crippen molar-refractivity contribution in [3.8, 4) is 23.0 Å². The maximum absolute atomic E-state index is 14.2. The van der Waals surface area contributed by atoms with Crippen molar-refractivity contribution in [3.05, 3.63) is 119 Å². The van der Waals surface area contributed by atoms with Gasteiger partial charge in [-0.2, -0.15) is 0 Å². The average molecular weight is 875 g/mol. The van der Waals surface area contributed by atoms with Crippen molar-refractivity contribution >= 4 is 11.9 Å². The molecule has 8 nitrogen and oxygen atoms in total. The van der Waals surface area contributed by atoms with E-state index in [1.807, 2.05) is 62.4 Å². The number of carbonyl (C=O) groups is 2. The SMILES string of the molecule is CCCCCCCCCCCCOc1ccc(C(=O)Oc2ccc([C@]3(C)CC[C@@](C)(c4ccc(OC(=O)c5ccc(OCCCCCCCCCCCC)cc5)cc4)N3[O])cc2)cc1. The molecule has 8 heteroatoms. The van der Waals surface area contributed by atoms with Crippen LogP contribution >= 0.6 is 0 Å². The summed E-state index contributed by atoms with van der Waals surface area (Å²) in [6.07, 6.45) is 26.9. The molecule has 0 aromatic heterocycles. The van der Waals surface area contributed by atoms with E-state index in [0.717, 1.165) is 35.5 Å². The summed E-state index contributed by atoms with van der Waals surface area (Å²) in [5, 5.41) is 15.4. The van der Waals surface area contributed by atoms with Crippen LogP contribution < -0.4 is 18.9 Å². The summed E-state index contributed by atoms with van der Waals surface area (Å²) < 4.78 is 23.2. The van der Waals surface area contributed by atoms with Gasteiger partial charge in [0, 0.05) is 0 Å². The molecular weight excluding hydrogens is 799 g/mol. The highest BCUT2D eigenvalue weighted by Gasteiger charge is 2.52. The number of benzene rings is 4. The third kappa shape index (κ3) is 15.5. The smallest absolute Gasteiger partial charge is 0.343 e. The lowest BCUT2D eigenvalue weighted by molar-refractivity contribution is -0.260. The Labute approximate surface area is 385 Å². The second-order valence-corrected chi connectivity index (χ2v) is 18.3. The molecule has 64 heavy (non-hydrogen) atoms. The van der Waals surface area contributed by atoms with Gasteiger partial charge in [0.1, 0.15) is 23.0 Å². The van der Waals surface area contributed by atoms with E-state index in [9.17, 15) is 14.8 Å². The Hall–Kier alpha value is -4.66. The van der Waals surface area contributed by atoms with Crippen LogP contribution in [0.1, 0.15) is 201 Å². The van der Waals surface area contributed by atoms with E-state index in [1.54, 1.807) is 48.5 Å². The summed E-state index contributed by atoms with van der Waals surface area (Å²) in [5.41, 5.74) is 0.972. The van der Waals surface area contributed by atoms with Crippen LogP contribution in [0.25, 0.3) is 0 Å². The second-order valence-electron chi connectivity index (χ2n) is 18.3. The van der Waals surface area contributed by atoms with Crippen LogP contribution in [0, 0.1) is 0 Å². The Kier molecular flexibility index (Phi) is 21.2. The van der Waals surface area contributed by atoms with Gasteiger partial charge in [-0.25, -0.2) is 9.59 Å². The van der Waals surface area contributed by atoms with Gasteiger partial charge >= 0.3 is 11.9 Å². The van der Waals surface area contributed by atoms with Crippen molar-refractivity contribution in [2.24, 2.45) is 0 Å². The fourth-order valence-corrected chi connectivity index (χ4v) is 8.79. The van der Waals surface area contributed by atoms with Gasteiger partial charge in [-0.15, -0.1) is 10.3 Å². The molecule has 0 aliphatic carbocycles. The molecule has 0 saturated carbocycles. The lowest BCUT2D eigenvalue weighted by Crippen LogP contribution is -2.44. The molecule has 1 aliphatic heterocycles. The number of ether oxygens (including phenoxy) is 4. The molecule has 1 radical (unpaired) electrons. The highest BCUT2D eigenvalue weighted by atomic mass is 16.5. The first kappa shape index (κ1) is 50.3. The summed E-state index contributed by atoms with van der Waals surface area (Å²) in [5.74, 6) is 1.40. The molecule has 0 amide bonds. The Morgan fingerprint density at radius 2 is 0.703 bits per heavy atom. The quantitative estimate of drug-likeness (QED) is 0.0292. The number of carbonyl (C=O) groups excluding carboxylic acids is 2. The monoisotopic (exact) mass is 875 g/mol. The highest BCUT2D eigenvalue weighted by Crippen LogP contribution is 2.51. The van der Waals surface area contributed by atoms with Crippen LogP contribution in [0.5, 0.6) is 23.0 Å². The molecule has 1 heterocycles. The Bertz CT molecular complexity index is 1790. The molecular formula is C56H76NO7. The minimum Gasteiger partial charge on any atom is -0.494 e. The van der Waals surface area contributed by atoms with Crippen LogP contribution in [0.2, 0.25) is 0 Å². The molecule has 1 fully saturated rings. The first-order valence-corrected chi connectivity index (χ1v) is 24.7. The van der Waals surface area contributed by atoms with Crippen LogP contribution in [0.15, 0.2) is 97.1 Å². The number of rotatable bonds is 30. The summed E-state index contributed by atoms with van der Waals surface area (Å²) in [6, 6.07) is 28.6. The molecule has 1 saturated heterocycles. The van der Waals surface area contributed by atoms with Crippen molar-refractivity contribution in [1.82, 2.24) is 5.06 Å². The minimum atomic E-state index is -0.796. The number of hydrogen-bond donors (Lipinski definition) is 0. The Morgan fingerprint density at radius 3 is 1.02 bits per heavy atom. The van der Waals surface area contributed by atoms with Crippen LogP contribution in [0.3, 0.4) is 0 Å². The lowest BCUT2D eigenvalue weighted by atomic mass is 9.89. The van der Waals surface area contributed by atoms with Crippen molar-refractivity contribution < 1.29 is 33.7 Å². The second kappa shape index (κ2) is 27.0. The average Bonchev–Trinajstić information content (AvgIpc) is 3.56. The van der Waals surface area contributed by atoms with E-state index in [0.29, 0.717) is 48.7 Å². The standard InChI is InChI=1S/C56H76NO7/c1-5-7-9-11-13-15-17-19-21-23-43-61-49-33-25-45(26-34-49)53(58)63-51-37-29-47(30-38-51)55(3)41-42-56(4,57(55)60)48-31-39-52(40-32-48)64-54(59)46-27-35-50(36-28-46)62-44-24-22-20-18-16-14-12-10-8-6-2/h25-40H,5-24,41-44H2,1-4H3/t55-,56-/m0/s1. The van der Waals surface area contributed by atoms with E-state index in [2.05, 4.69) is 13.8 Å². The fraction of sp³-hybridized carbons (Fsp3) is 0.536. The van der Waals surface area contributed by atoms with Gasteiger partial charge in [-0.05, 0) is 123 Å². The van der Waals surface area contributed by atoms with Crippen molar-refractivity contribution in [1.29, 1.82) is 0 Å². The predicted molar refractivity (Wildman–Crippen MR) is 257 cm³/mol. The maximum atomic E-state index is 14.2. The zero-order chi connectivity index (χ0) is 45.5. The van der Waals surface area contributed by atoms with Crippen LogP contribution in [-0.4, -0.2) is 30.2 Å². The van der Waals surface area contributed by atoms with E-state index in [-0.39, 0.29) is 0 Å². The number of hydrogen-bond acceptors (Lipinski definition) is 7. The zero-order valence-corrected chi connectivity index (χ0v) is 39.5. The molecule has 0 N–H and O–H groups in total. The van der Waals surface area contributed by atoms with Gasteiger partial charge in [0.25, 0.3) is 0 Å². The van der Waals surface area contributed by atoms with E-state index in [4.69, 9.17) is 18.9 Å². The molecule has 0 unspecified atom stereocenters. The molecule has 347 valence electrons. The normalized spacial score (nSPS) is 17.3. The topological polar surface area (TPSA) is 94.2 Å². The third-order valence-electron chi connectivity index (χ3n) is 13.1. The molecule has 0 spiro atoms. The van der Waals surface area contributed by atoms with Gasteiger partial charge in [0.2, 0.25) is 0 Å². The summed E-state index contributed by atoms with van der Waals surface area (Å²) >= 11 is 0. The van der Waals surface area contributed by atoms with Gasteiger partial charge < -0.3 is 18.9 Å². The Balaban J connectivity index is 1.01. The number of unbranched alkanes of at least 4 members (excludes halogenated alkanes) is 18. The fourth-order valence-electron chi connectivity index (χ4n) is 8.79. The molecule has 1 aliphatic rings. The molecule has 5 rings (SSSR count). The van der Waals surface area contributed by atoms with E-state index >= 15 is 0 Å². The number of nitrogens with zero attached hydrogens (tertiary/aromatic N) is 1. The largest absolute Gasteiger partial charge is 0.494 e. The highest BCUT2D eigenvalue weighted by molar-refractivity contribution is 5.91. The number of esters is 2. The molecule has 4 aromatic carbocycles.